The lowest BCUT2D eigenvalue weighted by Crippen LogP contribution is -2.39. The van der Waals surface area contributed by atoms with E-state index in [0.29, 0.717) is 23.7 Å². The smallest absolute Gasteiger partial charge is 0.104 e. The molecular weight excluding hydrogens is 585 g/mol. The zero-order valence-corrected chi connectivity index (χ0v) is 27.1. The van der Waals surface area contributed by atoms with Gasteiger partial charge in [0.25, 0.3) is 0 Å². The number of nitrogens with zero attached hydrogens (tertiary/aromatic N) is 2. The third kappa shape index (κ3) is 8.62. The van der Waals surface area contributed by atoms with Gasteiger partial charge in [-0.05, 0) is 135 Å². The summed E-state index contributed by atoms with van der Waals surface area (Å²) in [5.74, 6) is 2.08. The molecule has 6 rings (SSSR count). The van der Waals surface area contributed by atoms with Gasteiger partial charge in [-0.3, -0.25) is 15.2 Å². The van der Waals surface area contributed by atoms with E-state index in [2.05, 4.69) is 69.8 Å². The number of rotatable bonds is 13. The Kier molecular flexibility index (Phi) is 10.9. The summed E-state index contributed by atoms with van der Waals surface area (Å²) in [6.07, 6.45) is 14.6. The number of halogens is 2. The van der Waals surface area contributed by atoms with Gasteiger partial charge in [0, 0.05) is 29.3 Å². The first-order valence-corrected chi connectivity index (χ1v) is 17.2. The summed E-state index contributed by atoms with van der Waals surface area (Å²) in [5, 5.41) is 16.3. The standard InChI is InChI=1S/C38H45Cl2N3O/c39-33-7-4-6-32(24-33)28-11-13-30(14-12-28)36(31-18-21-43(22-19-31)26-34-8-1-2-20-41-34)25-42-38(44)9-3-5-27-10-17-35(29-15-16-29)37(40)23-27/h1-2,4,6-8,10-14,17,20,24,27,29,31,36,38,42,44H,3,5,9,15-16,18-19,21-23,25-26H2. The van der Waals surface area contributed by atoms with E-state index in [-0.39, 0.29) is 0 Å². The van der Waals surface area contributed by atoms with Crippen molar-refractivity contribution in [3.8, 4) is 11.1 Å². The molecule has 2 aliphatic carbocycles. The fraction of sp³-hybridized carbons (Fsp3) is 0.447. The molecule has 1 saturated heterocycles. The zero-order valence-electron chi connectivity index (χ0n) is 25.6. The molecule has 3 unspecified atom stereocenters. The van der Waals surface area contributed by atoms with Gasteiger partial charge in [0.2, 0.25) is 0 Å². The first kappa shape index (κ1) is 31.5. The van der Waals surface area contributed by atoms with Gasteiger partial charge in [0.05, 0.1) is 5.69 Å². The van der Waals surface area contributed by atoms with Crippen LogP contribution in [0, 0.1) is 17.8 Å². The van der Waals surface area contributed by atoms with Crippen molar-refractivity contribution in [2.75, 3.05) is 19.6 Å². The highest BCUT2D eigenvalue weighted by atomic mass is 35.5. The number of likely N-dealkylation sites (tertiary alicyclic amines) is 1. The molecule has 2 aromatic carbocycles. The van der Waals surface area contributed by atoms with Crippen LogP contribution in [0.2, 0.25) is 5.02 Å². The van der Waals surface area contributed by atoms with Crippen molar-refractivity contribution in [2.24, 2.45) is 17.8 Å². The number of aliphatic hydroxyl groups excluding tert-OH is 1. The van der Waals surface area contributed by atoms with Crippen LogP contribution in [0.15, 0.2) is 95.7 Å². The lowest BCUT2D eigenvalue weighted by molar-refractivity contribution is 0.110. The van der Waals surface area contributed by atoms with Crippen LogP contribution in [0.4, 0.5) is 0 Å². The maximum Gasteiger partial charge on any atom is 0.104 e. The van der Waals surface area contributed by atoms with Crippen LogP contribution in [0.25, 0.3) is 11.1 Å². The average molecular weight is 631 g/mol. The van der Waals surface area contributed by atoms with E-state index in [9.17, 15) is 5.11 Å². The van der Waals surface area contributed by atoms with Gasteiger partial charge in [0.15, 0.2) is 0 Å². The first-order valence-electron chi connectivity index (χ1n) is 16.5. The van der Waals surface area contributed by atoms with E-state index in [1.807, 2.05) is 30.5 Å². The number of pyridine rings is 1. The highest BCUT2D eigenvalue weighted by Gasteiger charge is 2.30. The summed E-state index contributed by atoms with van der Waals surface area (Å²) in [4.78, 5) is 7.06. The topological polar surface area (TPSA) is 48.4 Å². The minimum absolute atomic E-state index is 0.334. The molecular formula is C38H45Cl2N3O. The Morgan fingerprint density at radius 3 is 2.45 bits per heavy atom. The summed E-state index contributed by atoms with van der Waals surface area (Å²) in [5.41, 5.74) is 6.14. The molecule has 0 radical (unpaired) electrons. The van der Waals surface area contributed by atoms with Gasteiger partial charge in [-0.2, -0.15) is 0 Å². The molecule has 2 heterocycles. The Bertz CT molecular complexity index is 1410. The summed E-state index contributed by atoms with van der Waals surface area (Å²) in [7, 11) is 0. The molecule has 1 aliphatic heterocycles. The number of aromatic nitrogens is 1. The van der Waals surface area contributed by atoms with Gasteiger partial charge in [-0.25, -0.2) is 0 Å². The van der Waals surface area contributed by atoms with Gasteiger partial charge in [-0.1, -0.05) is 77.8 Å². The maximum absolute atomic E-state index is 11.0. The molecule has 44 heavy (non-hydrogen) atoms. The van der Waals surface area contributed by atoms with Crippen LogP contribution in [0.1, 0.15) is 68.5 Å². The Balaban J connectivity index is 1.05. The van der Waals surface area contributed by atoms with E-state index in [0.717, 1.165) is 86.0 Å². The van der Waals surface area contributed by atoms with Crippen LogP contribution < -0.4 is 5.32 Å². The molecule has 1 saturated carbocycles. The number of benzene rings is 2. The first-order chi connectivity index (χ1) is 21.5. The van der Waals surface area contributed by atoms with E-state index in [1.54, 1.807) is 0 Å². The lowest BCUT2D eigenvalue weighted by atomic mass is 9.79. The van der Waals surface area contributed by atoms with Crippen molar-refractivity contribution in [3.63, 3.8) is 0 Å². The normalized spacial score (nSPS) is 21.0. The Morgan fingerprint density at radius 2 is 1.75 bits per heavy atom. The third-order valence-electron chi connectivity index (χ3n) is 9.76. The highest BCUT2D eigenvalue weighted by Crippen LogP contribution is 2.43. The second-order valence-corrected chi connectivity index (χ2v) is 13.9. The molecule has 1 aromatic heterocycles. The Morgan fingerprint density at radius 1 is 0.932 bits per heavy atom. The third-order valence-corrected chi connectivity index (χ3v) is 10.4. The molecule has 0 spiro atoms. The monoisotopic (exact) mass is 629 g/mol. The lowest BCUT2D eigenvalue weighted by Gasteiger charge is -2.37. The minimum atomic E-state index is -0.506. The molecule has 0 amide bonds. The van der Waals surface area contributed by atoms with Crippen molar-refractivity contribution in [3.05, 3.63) is 112 Å². The minimum Gasteiger partial charge on any atom is -0.379 e. The molecule has 0 bridgehead atoms. The van der Waals surface area contributed by atoms with E-state index in [1.165, 1.54) is 29.5 Å². The van der Waals surface area contributed by atoms with Crippen LogP contribution in [-0.4, -0.2) is 40.9 Å². The fourth-order valence-corrected chi connectivity index (χ4v) is 7.62. The Labute approximate surface area is 273 Å². The average Bonchev–Trinajstić information content (AvgIpc) is 3.88. The van der Waals surface area contributed by atoms with Crippen LogP contribution >= 0.6 is 23.2 Å². The van der Waals surface area contributed by atoms with Crippen LogP contribution in [0.5, 0.6) is 0 Å². The predicted octanol–water partition coefficient (Wildman–Crippen LogP) is 8.96. The van der Waals surface area contributed by atoms with Gasteiger partial charge < -0.3 is 5.11 Å². The number of allylic oxidation sites excluding steroid dienone is 4. The number of hydrogen-bond donors (Lipinski definition) is 2. The summed E-state index contributed by atoms with van der Waals surface area (Å²) >= 11 is 12.9. The second-order valence-electron chi connectivity index (χ2n) is 13.0. The highest BCUT2D eigenvalue weighted by molar-refractivity contribution is 6.31. The molecule has 3 aliphatic rings. The van der Waals surface area contributed by atoms with Crippen molar-refractivity contribution >= 4 is 23.2 Å². The number of nitrogens with one attached hydrogen (secondary N) is 1. The quantitative estimate of drug-likeness (QED) is 0.185. The molecule has 232 valence electrons. The van der Waals surface area contributed by atoms with E-state index in [4.69, 9.17) is 23.2 Å². The van der Waals surface area contributed by atoms with Gasteiger partial charge in [0.1, 0.15) is 6.23 Å². The molecule has 4 nitrogen and oxygen atoms in total. The van der Waals surface area contributed by atoms with Crippen molar-refractivity contribution < 1.29 is 5.11 Å². The number of piperidine rings is 1. The second kappa shape index (κ2) is 15.2. The molecule has 3 aromatic rings. The summed E-state index contributed by atoms with van der Waals surface area (Å²) in [6, 6.07) is 23.2. The predicted molar refractivity (Wildman–Crippen MR) is 183 cm³/mol. The maximum atomic E-state index is 11.0. The molecule has 2 fully saturated rings. The van der Waals surface area contributed by atoms with Crippen molar-refractivity contribution in [2.45, 2.75) is 70.1 Å². The van der Waals surface area contributed by atoms with Gasteiger partial charge >= 0.3 is 0 Å². The fourth-order valence-electron chi connectivity index (χ4n) is 7.02. The van der Waals surface area contributed by atoms with Crippen molar-refractivity contribution in [1.29, 1.82) is 0 Å². The van der Waals surface area contributed by atoms with Crippen molar-refractivity contribution in [1.82, 2.24) is 15.2 Å². The molecule has 2 N–H and O–H groups in total. The SMILES string of the molecule is OC(CCCC1C=CC(C2CC2)=C(Cl)C1)NCC(c1ccc(-c2cccc(Cl)c2)cc1)C1CCN(Cc2ccccn2)CC1. The molecule has 3 atom stereocenters. The van der Waals surface area contributed by atoms with Gasteiger partial charge in [-0.15, -0.1) is 0 Å². The number of aliphatic hydroxyl groups is 1. The van der Waals surface area contributed by atoms with Crippen LogP contribution in [-0.2, 0) is 6.54 Å². The zero-order chi connectivity index (χ0) is 30.3. The summed E-state index contributed by atoms with van der Waals surface area (Å²) < 4.78 is 0. The number of hydrogen-bond acceptors (Lipinski definition) is 4. The summed E-state index contributed by atoms with van der Waals surface area (Å²) in [6.45, 7) is 3.80. The molecule has 6 heteroatoms. The largest absolute Gasteiger partial charge is 0.379 e. The van der Waals surface area contributed by atoms with E-state index < -0.39 is 6.23 Å². The van der Waals surface area contributed by atoms with E-state index >= 15 is 0 Å². The van der Waals surface area contributed by atoms with Crippen LogP contribution in [0.3, 0.4) is 0 Å². The Hall–Kier alpha value is -2.47.